The number of hydrogen-bond acceptors (Lipinski definition) is 6. The van der Waals surface area contributed by atoms with Crippen molar-refractivity contribution in [2.45, 2.75) is 17.9 Å². The van der Waals surface area contributed by atoms with Crippen molar-refractivity contribution < 1.29 is 28.3 Å². The lowest BCUT2D eigenvalue weighted by Crippen LogP contribution is -2.36. The zero-order chi connectivity index (χ0) is 15.5. The van der Waals surface area contributed by atoms with Crippen molar-refractivity contribution in [1.82, 2.24) is 4.72 Å². The van der Waals surface area contributed by atoms with Crippen LogP contribution in [0.15, 0.2) is 23.1 Å². The predicted molar refractivity (Wildman–Crippen MR) is 66.7 cm³/mol. The molecule has 0 aliphatic carbocycles. The first kappa shape index (κ1) is 16.0. The van der Waals surface area contributed by atoms with Crippen molar-refractivity contribution in [1.29, 1.82) is 0 Å². The number of hydrogen-bond donors (Lipinski definition) is 3. The summed E-state index contributed by atoms with van der Waals surface area (Å²) in [5.74, 6) is -1.60. The van der Waals surface area contributed by atoms with Crippen molar-refractivity contribution in [2.75, 3.05) is 6.54 Å². The zero-order valence-electron chi connectivity index (χ0n) is 10.3. The van der Waals surface area contributed by atoms with E-state index in [2.05, 4.69) is 0 Å². The van der Waals surface area contributed by atoms with E-state index in [0.29, 0.717) is 0 Å². The molecule has 20 heavy (non-hydrogen) atoms. The molecule has 0 saturated heterocycles. The molecule has 0 aliphatic heterocycles. The van der Waals surface area contributed by atoms with Crippen LogP contribution < -0.4 is 4.72 Å². The topological polar surface area (TPSA) is 147 Å². The Labute approximate surface area is 114 Å². The molecule has 9 nitrogen and oxygen atoms in total. The maximum atomic E-state index is 12.0. The standard InChI is InChI=1S/C10H12N2O7S/c1-6-3-2-4-7(12(16)17)9(6)20(18,19)11-5-8(13)10(14)15/h2-4,8,11,13H,5H2,1H3,(H,14,15)/t8-/m0/s1. The number of aliphatic hydroxyl groups excluding tert-OH is 1. The molecule has 1 aromatic rings. The highest BCUT2D eigenvalue weighted by molar-refractivity contribution is 7.89. The number of carbonyl (C=O) groups is 1. The number of nitrogens with zero attached hydrogens (tertiary/aromatic N) is 1. The van der Waals surface area contributed by atoms with E-state index in [-0.39, 0.29) is 5.56 Å². The van der Waals surface area contributed by atoms with E-state index in [4.69, 9.17) is 10.2 Å². The molecule has 1 aromatic carbocycles. The van der Waals surface area contributed by atoms with Gasteiger partial charge in [0, 0.05) is 12.6 Å². The quantitative estimate of drug-likeness (QED) is 0.479. The molecule has 0 heterocycles. The van der Waals surface area contributed by atoms with E-state index in [1.165, 1.54) is 19.1 Å². The Bertz CT molecular complexity index is 641. The number of aliphatic hydroxyl groups is 1. The summed E-state index contributed by atoms with van der Waals surface area (Å²) in [6.45, 7) is 0.582. The summed E-state index contributed by atoms with van der Waals surface area (Å²) >= 11 is 0. The third kappa shape index (κ3) is 3.50. The highest BCUT2D eigenvalue weighted by Crippen LogP contribution is 2.26. The van der Waals surface area contributed by atoms with Crippen LogP contribution in [0.5, 0.6) is 0 Å². The van der Waals surface area contributed by atoms with Gasteiger partial charge in [0.15, 0.2) is 11.0 Å². The average Bonchev–Trinajstić information content (AvgIpc) is 2.35. The Balaban J connectivity index is 3.16. The highest BCUT2D eigenvalue weighted by atomic mass is 32.2. The van der Waals surface area contributed by atoms with Gasteiger partial charge in [-0.3, -0.25) is 10.1 Å². The summed E-state index contributed by atoms with van der Waals surface area (Å²) in [6.07, 6.45) is -1.94. The van der Waals surface area contributed by atoms with E-state index in [9.17, 15) is 23.3 Å². The molecule has 0 aliphatic rings. The molecule has 1 rings (SSSR count). The number of carboxylic acid groups (broad SMARTS) is 1. The highest BCUT2D eigenvalue weighted by Gasteiger charge is 2.28. The van der Waals surface area contributed by atoms with Gasteiger partial charge in [-0.1, -0.05) is 12.1 Å². The lowest BCUT2D eigenvalue weighted by Gasteiger charge is -2.11. The molecule has 0 unspecified atom stereocenters. The molecular formula is C10H12N2O7S. The summed E-state index contributed by atoms with van der Waals surface area (Å²) in [5, 5.41) is 28.3. The molecule has 3 N–H and O–H groups in total. The Morgan fingerprint density at radius 1 is 1.50 bits per heavy atom. The van der Waals surface area contributed by atoms with Gasteiger partial charge in [-0.05, 0) is 12.5 Å². The fraction of sp³-hybridized carbons (Fsp3) is 0.300. The van der Waals surface area contributed by atoms with Crippen LogP contribution in [-0.2, 0) is 14.8 Å². The Morgan fingerprint density at radius 3 is 2.60 bits per heavy atom. The van der Waals surface area contributed by atoms with Gasteiger partial charge in [-0.2, -0.15) is 0 Å². The van der Waals surface area contributed by atoms with Crippen LogP contribution in [0.1, 0.15) is 5.56 Å². The monoisotopic (exact) mass is 304 g/mol. The average molecular weight is 304 g/mol. The van der Waals surface area contributed by atoms with Crippen molar-refractivity contribution in [3.8, 4) is 0 Å². The largest absolute Gasteiger partial charge is 0.479 e. The van der Waals surface area contributed by atoms with Crippen LogP contribution in [0.2, 0.25) is 0 Å². The number of benzene rings is 1. The first-order valence-corrected chi connectivity index (χ1v) is 6.79. The van der Waals surface area contributed by atoms with Crippen molar-refractivity contribution in [3.63, 3.8) is 0 Å². The van der Waals surface area contributed by atoms with Crippen LogP contribution in [0.3, 0.4) is 0 Å². The number of nitrogens with one attached hydrogen (secondary N) is 1. The fourth-order valence-electron chi connectivity index (χ4n) is 1.48. The van der Waals surface area contributed by atoms with Crippen LogP contribution in [-0.4, -0.2) is 42.2 Å². The van der Waals surface area contributed by atoms with Crippen molar-refractivity contribution in [3.05, 3.63) is 33.9 Å². The Hall–Kier alpha value is -2.04. The first-order valence-electron chi connectivity index (χ1n) is 5.31. The molecule has 0 fully saturated rings. The number of nitro benzene ring substituents is 1. The Kier molecular flexibility index (Phi) is 4.76. The first-order chi connectivity index (χ1) is 9.16. The minimum absolute atomic E-state index is 0.136. The fourth-order valence-corrected chi connectivity index (χ4v) is 2.91. The second-order valence-electron chi connectivity index (χ2n) is 3.89. The number of aryl methyl sites for hydroxylation is 1. The van der Waals surface area contributed by atoms with Gasteiger partial charge in [-0.25, -0.2) is 17.9 Å². The minimum atomic E-state index is -4.31. The second-order valence-corrected chi connectivity index (χ2v) is 5.59. The SMILES string of the molecule is Cc1cccc([N+](=O)[O-])c1S(=O)(=O)NC[C@H](O)C(=O)O. The molecule has 1 atom stereocenters. The molecule has 10 heteroatoms. The normalized spacial score (nSPS) is 12.9. The predicted octanol–water partition coefficient (Wildman–Crippen LogP) is -0.373. The molecule has 0 aromatic heterocycles. The van der Waals surface area contributed by atoms with Crippen LogP contribution in [0.4, 0.5) is 5.69 Å². The van der Waals surface area contributed by atoms with E-state index in [1.807, 2.05) is 4.72 Å². The van der Waals surface area contributed by atoms with Gasteiger partial charge in [0.25, 0.3) is 5.69 Å². The smallest absolute Gasteiger partial charge is 0.333 e. The van der Waals surface area contributed by atoms with Crippen LogP contribution in [0, 0.1) is 17.0 Å². The number of sulfonamides is 1. The van der Waals surface area contributed by atoms with E-state index < -0.39 is 44.1 Å². The van der Waals surface area contributed by atoms with Gasteiger partial charge in [0.2, 0.25) is 10.0 Å². The number of aliphatic carboxylic acids is 1. The third-order valence-corrected chi connectivity index (χ3v) is 4.02. The number of carboxylic acids is 1. The third-order valence-electron chi connectivity index (χ3n) is 2.41. The molecule has 0 bridgehead atoms. The van der Waals surface area contributed by atoms with Gasteiger partial charge in [0.05, 0.1) is 4.92 Å². The zero-order valence-corrected chi connectivity index (χ0v) is 11.1. The minimum Gasteiger partial charge on any atom is -0.479 e. The van der Waals surface area contributed by atoms with Gasteiger partial charge in [0.1, 0.15) is 0 Å². The molecule has 0 amide bonds. The van der Waals surface area contributed by atoms with Crippen LogP contribution >= 0.6 is 0 Å². The maximum Gasteiger partial charge on any atom is 0.333 e. The molecule has 0 radical (unpaired) electrons. The van der Waals surface area contributed by atoms with E-state index >= 15 is 0 Å². The summed E-state index contributed by atoms with van der Waals surface area (Å²) in [5.41, 5.74) is -0.487. The molecular weight excluding hydrogens is 292 g/mol. The maximum absolute atomic E-state index is 12.0. The lowest BCUT2D eigenvalue weighted by molar-refractivity contribution is -0.387. The van der Waals surface area contributed by atoms with E-state index in [0.717, 1.165) is 6.07 Å². The summed E-state index contributed by atoms with van der Waals surface area (Å²) in [7, 11) is -4.31. The van der Waals surface area contributed by atoms with Crippen LogP contribution in [0.25, 0.3) is 0 Å². The van der Waals surface area contributed by atoms with Gasteiger partial charge in [-0.15, -0.1) is 0 Å². The second kappa shape index (κ2) is 5.94. The van der Waals surface area contributed by atoms with Gasteiger partial charge >= 0.3 is 5.97 Å². The van der Waals surface area contributed by atoms with Crippen molar-refractivity contribution >= 4 is 21.7 Å². The summed E-state index contributed by atoms with van der Waals surface area (Å²) < 4.78 is 25.8. The summed E-state index contributed by atoms with van der Waals surface area (Å²) in [6, 6.07) is 3.73. The molecule has 0 spiro atoms. The summed E-state index contributed by atoms with van der Waals surface area (Å²) in [4.78, 5) is 19.8. The Morgan fingerprint density at radius 2 is 2.10 bits per heavy atom. The molecule has 0 saturated carbocycles. The van der Waals surface area contributed by atoms with E-state index in [1.54, 1.807) is 0 Å². The van der Waals surface area contributed by atoms with Gasteiger partial charge < -0.3 is 10.2 Å². The van der Waals surface area contributed by atoms with Crippen molar-refractivity contribution in [2.24, 2.45) is 0 Å². The number of nitro groups is 1. The molecule has 110 valence electrons. The lowest BCUT2D eigenvalue weighted by atomic mass is 10.2. The number of rotatable bonds is 6.